The SMILES string of the molecule is CCCCC(CC)CON=C(C(=O)[O-])C(=O)[O-].[Ag+].[Ag+]. The molecule has 1 atom stereocenters. The topological polar surface area (TPSA) is 102 Å². The van der Waals surface area contributed by atoms with E-state index in [-0.39, 0.29) is 57.3 Å². The largest absolute Gasteiger partial charge is 1.00 e. The summed E-state index contributed by atoms with van der Waals surface area (Å²) < 4.78 is 0. The van der Waals surface area contributed by atoms with Crippen LogP contribution in [0.2, 0.25) is 0 Å². The van der Waals surface area contributed by atoms with Crippen LogP contribution in [-0.4, -0.2) is 24.3 Å². The van der Waals surface area contributed by atoms with Gasteiger partial charge in [-0.2, -0.15) is 0 Å². The van der Waals surface area contributed by atoms with E-state index >= 15 is 0 Å². The second-order valence-electron chi connectivity index (χ2n) is 3.73. The summed E-state index contributed by atoms with van der Waals surface area (Å²) in [6, 6.07) is 0. The van der Waals surface area contributed by atoms with Gasteiger partial charge in [-0.3, -0.25) is 0 Å². The molecule has 0 fully saturated rings. The smallest absolute Gasteiger partial charge is 0.543 e. The molecule has 118 valence electrons. The molecule has 0 spiro atoms. The molecule has 0 aromatic heterocycles. The Morgan fingerprint density at radius 1 is 1.16 bits per heavy atom. The Morgan fingerprint density at radius 2 is 1.68 bits per heavy atom. The standard InChI is InChI=1S/C11H19NO5.2Ag/c1-3-5-6-8(4-2)7-17-12-9(10(13)14)11(15)16;;/h8H,3-7H2,1-2H3,(H,13,14)(H,15,16);;/q;2*+1/p-2. The third-order valence-electron chi connectivity index (χ3n) is 2.40. The van der Waals surface area contributed by atoms with Crippen LogP contribution in [0.25, 0.3) is 0 Å². The van der Waals surface area contributed by atoms with Crippen molar-refractivity contribution < 1.29 is 69.4 Å². The maximum absolute atomic E-state index is 10.3. The summed E-state index contributed by atoms with van der Waals surface area (Å²) in [4.78, 5) is 25.3. The van der Waals surface area contributed by atoms with Crippen LogP contribution in [0, 0.1) is 5.92 Å². The first kappa shape index (κ1) is 23.9. The van der Waals surface area contributed by atoms with E-state index in [1.54, 1.807) is 0 Å². The molecule has 0 N–H and O–H groups in total. The second-order valence-corrected chi connectivity index (χ2v) is 3.73. The van der Waals surface area contributed by atoms with Gasteiger partial charge in [0.2, 0.25) is 0 Å². The van der Waals surface area contributed by atoms with Gasteiger partial charge in [0.25, 0.3) is 0 Å². The average molecular weight is 459 g/mol. The Hall–Kier alpha value is -0.109. The quantitative estimate of drug-likeness (QED) is 0.192. The number of carboxylic acid groups (broad SMARTS) is 2. The number of rotatable bonds is 9. The van der Waals surface area contributed by atoms with Crippen LogP contribution in [0.1, 0.15) is 39.5 Å². The molecule has 0 aromatic rings. The van der Waals surface area contributed by atoms with Gasteiger partial charge in [0, 0.05) is 0 Å². The van der Waals surface area contributed by atoms with E-state index in [0.717, 1.165) is 25.7 Å². The van der Waals surface area contributed by atoms with Gasteiger partial charge in [0.1, 0.15) is 12.3 Å². The van der Waals surface area contributed by atoms with Gasteiger partial charge in [-0.15, -0.1) is 0 Å². The molecule has 0 saturated carbocycles. The summed E-state index contributed by atoms with van der Waals surface area (Å²) in [6.07, 6.45) is 3.90. The Balaban J connectivity index is -0.00000128. The molecule has 0 saturated heterocycles. The molecular formula is C11H17Ag2NO5. The average Bonchev–Trinajstić information content (AvgIpc) is 2.27. The van der Waals surface area contributed by atoms with Gasteiger partial charge in [-0.25, -0.2) is 0 Å². The molecule has 0 bridgehead atoms. The van der Waals surface area contributed by atoms with Crippen LogP contribution in [-0.2, 0) is 59.2 Å². The van der Waals surface area contributed by atoms with Crippen LogP contribution in [0.3, 0.4) is 0 Å². The minimum absolute atomic E-state index is 0. The fourth-order valence-electron chi connectivity index (χ4n) is 1.26. The number of hydrogen-bond donors (Lipinski definition) is 0. The number of carboxylic acids is 2. The molecule has 8 heteroatoms. The Labute approximate surface area is 144 Å². The van der Waals surface area contributed by atoms with E-state index < -0.39 is 17.7 Å². The van der Waals surface area contributed by atoms with Crippen molar-refractivity contribution in [3.63, 3.8) is 0 Å². The van der Waals surface area contributed by atoms with Crippen molar-refractivity contribution in [2.24, 2.45) is 11.1 Å². The molecular weight excluding hydrogens is 442 g/mol. The number of carbonyl (C=O) groups is 2. The van der Waals surface area contributed by atoms with Crippen LogP contribution in [0.5, 0.6) is 0 Å². The number of unbranched alkanes of at least 4 members (excludes halogenated alkanes) is 1. The van der Waals surface area contributed by atoms with Crippen molar-refractivity contribution in [2.45, 2.75) is 39.5 Å². The molecule has 0 aromatic carbocycles. The molecule has 0 amide bonds. The first-order valence-corrected chi connectivity index (χ1v) is 5.65. The van der Waals surface area contributed by atoms with E-state index in [1.165, 1.54) is 0 Å². The van der Waals surface area contributed by atoms with Crippen molar-refractivity contribution in [3.05, 3.63) is 0 Å². The minimum atomic E-state index is -1.91. The second kappa shape index (κ2) is 14.3. The van der Waals surface area contributed by atoms with Gasteiger partial charge in [0.15, 0.2) is 0 Å². The van der Waals surface area contributed by atoms with Crippen molar-refractivity contribution in [2.75, 3.05) is 6.61 Å². The third kappa shape index (κ3) is 11.4. The fraction of sp³-hybridized carbons (Fsp3) is 0.727. The van der Waals surface area contributed by atoms with Crippen LogP contribution in [0.4, 0.5) is 0 Å². The molecule has 1 unspecified atom stereocenters. The van der Waals surface area contributed by atoms with Crippen molar-refractivity contribution in [1.82, 2.24) is 0 Å². The predicted molar refractivity (Wildman–Crippen MR) is 56.7 cm³/mol. The summed E-state index contributed by atoms with van der Waals surface area (Å²) in [5.74, 6) is -3.58. The van der Waals surface area contributed by atoms with Gasteiger partial charge in [-0.05, 0) is 18.8 Å². The van der Waals surface area contributed by atoms with E-state index in [9.17, 15) is 19.8 Å². The molecule has 0 aliphatic rings. The molecule has 0 radical (unpaired) electrons. The van der Waals surface area contributed by atoms with Gasteiger partial charge >= 0.3 is 44.8 Å². The number of oxime groups is 1. The first-order chi connectivity index (χ1) is 8.02. The zero-order valence-electron chi connectivity index (χ0n) is 10.7. The van der Waals surface area contributed by atoms with Gasteiger partial charge < -0.3 is 24.6 Å². The molecule has 0 heterocycles. The summed E-state index contributed by atoms with van der Waals surface area (Å²) >= 11 is 0. The predicted octanol–water partition coefficient (Wildman–Crippen LogP) is -0.930. The van der Waals surface area contributed by atoms with Crippen LogP contribution >= 0.6 is 0 Å². The monoisotopic (exact) mass is 457 g/mol. The Bertz CT molecular complexity index is 281. The zero-order chi connectivity index (χ0) is 13.3. The number of hydrogen-bond acceptors (Lipinski definition) is 6. The van der Waals surface area contributed by atoms with Crippen molar-refractivity contribution >= 4 is 17.7 Å². The van der Waals surface area contributed by atoms with Crippen LogP contribution < -0.4 is 10.2 Å². The fourth-order valence-corrected chi connectivity index (χ4v) is 1.26. The number of aliphatic carboxylic acids is 2. The van der Waals surface area contributed by atoms with Gasteiger partial charge in [0.05, 0.1) is 11.9 Å². The van der Waals surface area contributed by atoms with Gasteiger partial charge in [-0.1, -0.05) is 31.8 Å². The summed E-state index contributed by atoms with van der Waals surface area (Å²) in [5.41, 5.74) is -1.21. The summed E-state index contributed by atoms with van der Waals surface area (Å²) in [7, 11) is 0. The number of nitrogens with zero attached hydrogens (tertiary/aromatic N) is 1. The van der Waals surface area contributed by atoms with Crippen molar-refractivity contribution in [3.8, 4) is 0 Å². The van der Waals surface area contributed by atoms with E-state index in [0.29, 0.717) is 0 Å². The first-order valence-electron chi connectivity index (χ1n) is 5.65. The maximum Gasteiger partial charge on any atom is 1.00 e. The molecule has 0 aliphatic carbocycles. The normalized spacial score (nSPS) is 10.4. The Kier molecular flexibility index (Phi) is 18.0. The zero-order valence-corrected chi connectivity index (χ0v) is 13.7. The van der Waals surface area contributed by atoms with Crippen molar-refractivity contribution in [1.29, 1.82) is 0 Å². The molecule has 19 heavy (non-hydrogen) atoms. The molecule has 6 nitrogen and oxygen atoms in total. The summed E-state index contributed by atoms with van der Waals surface area (Å²) in [5, 5.41) is 23.6. The molecule has 0 aliphatic heterocycles. The Morgan fingerprint density at radius 3 is 2.05 bits per heavy atom. The summed E-state index contributed by atoms with van der Waals surface area (Å²) in [6.45, 7) is 4.24. The maximum atomic E-state index is 10.3. The molecule has 0 rings (SSSR count). The van der Waals surface area contributed by atoms with E-state index in [2.05, 4.69) is 12.1 Å². The van der Waals surface area contributed by atoms with E-state index in [4.69, 9.17) is 4.84 Å². The van der Waals surface area contributed by atoms with Crippen LogP contribution in [0.15, 0.2) is 5.16 Å². The third-order valence-corrected chi connectivity index (χ3v) is 2.40. The van der Waals surface area contributed by atoms with E-state index in [1.807, 2.05) is 6.92 Å². The minimum Gasteiger partial charge on any atom is -0.543 e. The number of carbonyl (C=O) groups excluding carboxylic acids is 2.